The maximum atomic E-state index is 13.0. The molecule has 0 spiro atoms. The van der Waals surface area contributed by atoms with Gasteiger partial charge in [-0.2, -0.15) is 5.10 Å². The number of rotatable bonds is 6. The summed E-state index contributed by atoms with van der Waals surface area (Å²) in [5.41, 5.74) is 5.08. The number of H-pyrrole nitrogens is 1. The topological polar surface area (TPSA) is 139 Å². The number of amides is 2. The number of nitrogens with zero attached hydrogens (tertiary/aromatic N) is 4. The molecule has 3 N–H and O–H groups in total. The van der Waals surface area contributed by atoms with Crippen molar-refractivity contribution in [3.05, 3.63) is 94.5 Å². The molecule has 0 saturated carbocycles. The lowest BCUT2D eigenvalue weighted by Gasteiger charge is -2.14. The van der Waals surface area contributed by atoms with E-state index >= 15 is 0 Å². The number of aryl methyl sites for hydroxylation is 3. The van der Waals surface area contributed by atoms with E-state index in [4.69, 9.17) is 4.42 Å². The second kappa shape index (κ2) is 9.55. The highest BCUT2D eigenvalue weighted by molar-refractivity contribution is 5.97. The molecule has 3 aromatic heterocycles. The van der Waals surface area contributed by atoms with Crippen LogP contribution in [0.2, 0.25) is 0 Å². The zero-order valence-electron chi connectivity index (χ0n) is 20.9. The Labute approximate surface area is 217 Å². The summed E-state index contributed by atoms with van der Waals surface area (Å²) in [4.78, 5) is 38.3. The summed E-state index contributed by atoms with van der Waals surface area (Å²) in [6.45, 7) is 4.06. The van der Waals surface area contributed by atoms with Crippen molar-refractivity contribution < 1.29 is 14.0 Å². The number of hydrogen-bond donors (Lipinski definition) is 3. The Morgan fingerprint density at radius 1 is 1.03 bits per heavy atom. The van der Waals surface area contributed by atoms with E-state index in [9.17, 15) is 9.59 Å². The number of carbonyl (C=O) groups is 2. The second-order valence-electron chi connectivity index (χ2n) is 9.42. The number of benzene rings is 2. The quantitative estimate of drug-likeness (QED) is 0.316. The molecule has 0 radical (unpaired) electrons. The summed E-state index contributed by atoms with van der Waals surface area (Å²) >= 11 is 0. The Hall–Kier alpha value is -4.86. The van der Waals surface area contributed by atoms with Gasteiger partial charge in [0, 0.05) is 23.6 Å². The van der Waals surface area contributed by atoms with Crippen LogP contribution >= 0.6 is 0 Å². The molecule has 0 aliphatic heterocycles. The van der Waals surface area contributed by atoms with E-state index < -0.39 is 5.91 Å². The number of nitrogens with one attached hydrogen (secondary N) is 3. The van der Waals surface area contributed by atoms with Crippen LogP contribution in [0.25, 0.3) is 22.4 Å². The van der Waals surface area contributed by atoms with Crippen molar-refractivity contribution in [2.75, 3.05) is 0 Å². The minimum atomic E-state index is -0.391. The van der Waals surface area contributed by atoms with Gasteiger partial charge in [0.2, 0.25) is 0 Å². The van der Waals surface area contributed by atoms with Crippen LogP contribution in [-0.2, 0) is 13.0 Å². The van der Waals surface area contributed by atoms with Crippen molar-refractivity contribution in [1.29, 1.82) is 0 Å². The van der Waals surface area contributed by atoms with Crippen molar-refractivity contribution in [3.8, 4) is 11.4 Å². The fourth-order valence-electron chi connectivity index (χ4n) is 4.81. The van der Waals surface area contributed by atoms with Crippen LogP contribution in [0, 0.1) is 13.8 Å². The highest BCUT2D eigenvalue weighted by atomic mass is 16.3. The van der Waals surface area contributed by atoms with Crippen LogP contribution in [0.15, 0.2) is 59.3 Å². The molecule has 38 heavy (non-hydrogen) atoms. The third kappa shape index (κ3) is 4.63. The van der Waals surface area contributed by atoms with Gasteiger partial charge in [0.05, 0.1) is 6.04 Å². The maximum Gasteiger partial charge on any atom is 0.270 e. The lowest BCUT2D eigenvalue weighted by molar-refractivity contribution is 0.0931. The Balaban J connectivity index is 1.11. The molecule has 0 saturated heterocycles. The van der Waals surface area contributed by atoms with Crippen molar-refractivity contribution in [3.63, 3.8) is 0 Å². The van der Waals surface area contributed by atoms with Crippen molar-refractivity contribution >= 4 is 22.8 Å². The van der Waals surface area contributed by atoms with Crippen molar-refractivity contribution in [1.82, 2.24) is 35.8 Å². The Morgan fingerprint density at radius 3 is 2.68 bits per heavy atom. The summed E-state index contributed by atoms with van der Waals surface area (Å²) in [5, 5.41) is 14.0. The average molecular weight is 508 g/mol. The number of hydrogen-bond acceptors (Lipinski definition) is 7. The van der Waals surface area contributed by atoms with E-state index in [0.29, 0.717) is 12.4 Å². The van der Waals surface area contributed by atoms with Gasteiger partial charge in [0.25, 0.3) is 11.8 Å². The van der Waals surface area contributed by atoms with Crippen molar-refractivity contribution in [2.24, 2.45) is 0 Å². The van der Waals surface area contributed by atoms with Gasteiger partial charge in [0.15, 0.2) is 5.82 Å². The molecule has 6 rings (SSSR count). The van der Waals surface area contributed by atoms with Crippen LogP contribution in [0.4, 0.5) is 0 Å². The van der Waals surface area contributed by atoms with Crippen LogP contribution in [0.3, 0.4) is 0 Å². The first-order valence-corrected chi connectivity index (χ1v) is 12.4. The van der Waals surface area contributed by atoms with Crippen molar-refractivity contribution in [2.45, 2.75) is 39.3 Å². The lowest BCUT2D eigenvalue weighted by Crippen LogP contribution is -2.29. The molecule has 0 fully saturated rings. The number of carbonyl (C=O) groups excluding carboxylic acids is 2. The standard InChI is InChI=1S/C28H25N7O3/c1-15-9-19-4-3-17(10-25(19)38-15)13-29-27(36)23-12-24(31-14-30-23)28(37)33-22-8-6-18-11-20(5-7-21(18)22)26-32-16(2)34-35-26/h3-5,7,9-12,14,22H,6,8,13H2,1-2H3,(H,29,36)(H,33,37)(H,32,34,35)/t22-/m0/s1. The number of aromatic amines is 1. The molecule has 0 unspecified atom stereocenters. The molecule has 1 atom stereocenters. The second-order valence-corrected chi connectivity index (χ2v) is 9.42. The molecule has 2 amide bonds. The first kappa shape index (κ1) is 23.5. The van der Waals surface area contributed by atoms with Crippen LogP contribution in [0.1, 0.15) is 61.7 Å². The summed E-state index contributed by atoms with van der Waals surface area (Å²) in [6, 6.07) is 15.1. The molecule has 3 heterocycles. The molecule has 10 nitrogen and oxygen atoms in total. The van der Waals surface area contributed by atoms with Gasteiger partial charge in [-0.1, -0.05) is 24.3 Å². The van der Waals surface area contributed by atoms with E-state index in [1.165, 1.54) is 12.4 Å². The highest BCUT2D eigenvalue weighted by Gasteiger charge is 2.26. The SMILES string of the molecule is Cc1nc(-c2ccc3c(c2)CC[C@@H]3NC(=O)c2cc(C(=O)NCc3ccc4cc(C)oc4c3)ncn2)n[nH]1. The van der Waals surface area contributed by atoms with Gasteiger partial charge in [-0.15, -0.1) is 0 Å². The highest BCUT2D eigenvalue weighted by Crippen LogP contribution is 2.33. The first-order chi connectivity index (χ1) is 18.4. The third-order valence-corrected chi connectivity index (χ3v) is 6.67. The molecular formula is C28H25N7O3. The van der Waals surface area contributed by atoms with Gasteiger partial charge in [-0.05, 0) is 61.6 Å². The Morgan fingerprint density at radius 2 is 1.87 bits per heavy atom. The largest absolute Gasteiger partial charge is 0.461 e. The number of furan rings is 1. The molecule has 5 aromatic rings. The third-order valence-electron chi connectivity index (χ3n) is 6.67. The van der Waals surface area contributed by atoms with Gasteiger partial charge < -0.3 is 15.1 Å². The molecule has 190 valence electrons. The van der Waals surface area contributed by atoms with E-state index in [1.807, 2.05) is 50.2 Å². The normalized spacial score (nSPS) is 14.4. The average Bonchev–Trinajstić information content (AvgIpc) is 3.64. The Kier molecular flexibility index (Phi) is 5.91. The van der Waals surface area contributed by atoms with E-state index in [2.05, 4.69) is 41.8 Å². The summed E-state index contributed by atoms with van der Waals surface area (Å²) < 4.78 is 5.66. The van der Waals surface area contributed by atoms with E-state index in [0.717, 1.165) is 57.6 Å². The smallest absolute Gasteiger partial charge is 0.270 e. The van der Waals surface area contributed by atoms with Gasteiger partial charge >= 0.3 is 0 Å². The monoisotopic (exact) mass is 507 g/mol. The molecule has 1 aliphatic rings. The predicted octanol–water partition coefficient (Wildman–Crippen LogP) is 3.97. The molecule has 0 bridgehead atoms. The zero-order valence-corrected chi connectivity index (χ0v) is 20.9. The van der Waals surface area contributed by atoms with Gasteiger partial charge in [0.1, 0.15) is 34.9 Å². The summed E-state index contributed by atoms with van der Waals surface area (Å²) in [7, 11) is 0. The number of aromatic nitrogens is 5. The zero-order chi connectivity index (χ0) is 26.2. The van der Waals surface area contributed by atoms with Gasteiger partial charge in [-0.3, -0.25) is 14.7 Å². The molecule has 1 aliphatic carbocycles. The lowest BCUT2D eigenvalue weighted by atomic mass is 10.0. The molecule has 10 heteroatoms. The predicted molar refractivity (Wildman–Crippen MR) is 139 cm³/mol. The molecule has 2 aromatic carbocycles. The van der Waals surface area contributed by atoms with Gasteiger partial charge in [-0.25, -0.2) is 15.0 Å². The maximum absolute atomic E-state index is 13.0. The van der Waals surface area contributed by atoms with E-state index in [1.54, 1.807) is 0 Å². The fourth-order valence-corrected chi connectivity index (χ4v) is 4.81. The minimum Gasteiger partial charge on any atom is -0.461 e. The first-order valence-electron chi connectivity index (χ1n) is 12.4. The van der Waals surface area contributed by atoms with E-state index in [-0.39, 0.29) is 23.3 Å². The summed E-state index contributed by atoms with van der Waals surface area (Å²) in [6.07, 6.45) is 2.84. The Bertz CT molecular complexity index is 1690. The van der Waals surface area contributed by atoms with Crippen LogP contribution in [-0.4, -0.2) is 37.0 Å². The van der Waals surface area contributed by atoms with Crippen LogP contribution in [0.5, 0.6) is 0 Å². The van der Waals surface area contributed by atoms with Crippen LogP contribution < -0.4 is 10.6 Å². The molecular weight excluding hydrogens is 482 g/mol. The minimum absolute atomic E-state index is 0.123. The summed E-state index contributed by atoms with van der Waals surface area (Å²) in [5.74, 6) is 1.50. The fraction of sp³-hybridized carbons (Fsp3) is 0.214. The number of fused-ring (bicyclic) bond motifs is 2.